The molecule has 0 saturated carbocycles. The number of carbonyl (C=O) groups excluding carboxylic acids is 2. The Morgan fingerprint density at radius 1 is 1.00 bits per heavy atom. The van der Waals surface area contributed by atoms with E-state index in [4.69, 9.17) is 4.74 Å². The van der Waals surface area contributed by atoms with Gasteiger partial charge in [-0.1, -0.05) is 0 Å². The van der Waals surface area contributed by atoms with Crippen molar-refractivity contribution in [3.8, 4) is 0 Å². The van der Waals surface area contributed by atoms with E-state index in [0.717, 1.165) is 12.1 Å². The first kappa shape index (κ1) is 22.7. The highest BCUT2D eigenvalue weighted by Gasteiger charge is 2.21. The quantitative estimate of drug-likeness (QED) is 0.517. The standard InChI is InChI=1S/C20H16F2N4O5S/c1-12(31-19(28)13-9-14(21)11-15(22)10-13)18(27)25-16-3-5-17(6-4-16)32(29,30)26-20-23-7-2-8-24-20/h2-12H,1H3,(H,25,27)(H,23,24,26)/t12-/m0/s1. The number of nitrogens with zero attached hydrogens (tertiary/aromatic N) is 2. The largest absolute Gasteiger partial charge is 0.449 e. The lowest BCUT2D eigenvalue weighted by atomic mass is 10.2. The van der Waals surface area contributed by atoms with Crippen LogP contribution in [0.4, 0.5) is 20.4 Å². The van der Waals surface area contributed by atoms with Crippen molar-refractivity contribution in [1.82, 2.24) is 9.97 Å². The van der Waals surface area contributed by atoms with Gasteiger partial charge in [0.15, 0.2) is 6.10 Å². The summed E-state index contributed by atoms with van der Waals surface area (Å²) in [6.07, 6.45) is 1.46. The van der Waals surface area contributed by atoms with Gasteiger partial charge in [-0.2, -0.15) is 0 Å². The van der Waals surface area contributed by atoms with Crippen LogP contribution in [0.2, 0.25) is 0 Å². The SMILES string of the molecule is C[C@H](OC(=O)c1cc(F)cc(F)c1)C(=O)Nc1ccc(S(=O)(=O)Nc2ncccn2)cc1. The molecular weight excluding hydrogens is 446 g/mol. The molecule has 0 fully saturated rings. The Morgan fingerprint density at radius 2 is 1.59 bits per heavy atom. The topological polar surface area (TPSA) is 127 Å². The fourth-order valence-corrected chi connectivity index (χ4v) is 3.40. The number of rotatable bonds is 7. The van der Waals surface area contributed by atoms with Gasteiger partial charge in [-0.25, -0.2) is 36.7 Å². The Hall–Kier alpha value is -3.93. The number of nitrogens with one attached hydrogen (secondary N) is 2. The Kier molecular flexibility index (Phi) is 6.73. The number of amides is 1. The second kappa shape index (κ2) is 9.47. The van der Waals surface area contributed by atoms with Crippen LogP contribution in [0.3, 0.4) is 0 Å². The van der Waals surface area contributed by atoms with Crippen molar-refractivity contribution in [3.63, 3.8) is 0 Å². The highest BCUT2D eigenvalue weighted by Crippen LogP contribution is 2.17. The van der Waals surface area contributed by atoms with Crippen LogP contribution in [0.25, 0.3) is 0 Å². The summed E-state index contributed by atoms with van der Waals surface area (Å²) >= 11 is 0. The number of carbonyl (C=O) groups is 2. The number of esters is 1. The van der Waals surface area contributed by atoms with E-state index < -0.39 is 39.6 Å². The molecule has 0 aliphatic heterocycles. The van der Waals surface area contributed by atoms with Crippen molar-refractivity contribution in [2.75, 3.05) is 10.0 Å². The molecule has 0 aliphatic carbocycles. The Bertz CT molecular complexity index is 1220. The first-order valence-electron chi connectivity index (χ1n) is 9.02. The van der Waals surface area contributed by atoms with Crippen LogP contribution in [-0.4, -0.2) is 36.4 Å². The highest BCUT2D eigenvalue weighted by atomic mass is 32.2. The van der Waals surface area contributed by atoms with Crippen LogP contribution >= 0.6 is 0 Å². The minimum absolute atomic E-state index is 0.0984. The van der Waals surface area contributed by atoms with E-state index in [9.17, 15) is 26.8 Å². The van der Waals surface area contributed by atoms with Gasteiger partial charge in [0.1, 0.15) is 11.6 Å². The van der Waals surface area contributed by atoms with E-state index in [1.165, 1.54) is 49.6 Å². The first-order chi connectivity index (χ1) is 15.1. The number of anilines is 2. The molecule has 0 spiro atoms. The molecule has 12 heteroatoms. The normalized spacial score (nSPS) is 12.0. The molecule has 1 aromatic heterocycles. The predicted molar refractivity (Wildman–Crippen MR) is 109 cm³/mol. The third-order valence-electron chi connectivity index (χ3n) is 3.97. The molecule has 2 N–H and O–H groups in total. The van der Waals surface area contributed by atoms with Gasteiger partial charge in [-0.15, -0.1) is 0 Å². The van der Waals surface area contributed by atoms with Crippen LogP contribution in [0.5, 0.6) is 0 Å². The summed E-state index contributed by atoms with van der Waals surface area (Å²) in [6, 6.07) is 8.83. The Balaban J connectivity index is 1.62. The zero-order chi connectivity index (χ0) is 23.3. The molecule has 1 atom stereocenters. The van der Waals surface area contributed by atoms with Crippen LogP contribution in [0.1, 0.15) is 17.3 Å². The number of halogens is 2. The summed E-state index contributed by atoms with van der Waals surface area (Å²) in [5, 5.41) is 2.45. The fourth-order valence-electron chi connectivity index (χ4n) is 2.45. The molecular formula is C20H16F2N4O5S. The van der Waals surface area contributed by atoms with Crippen molar-refractivity contribution >= 4 is 33.5 Å². The predicted octanol–water partition coefficient (Wildman–Crippen LogP) is 2.74. The summed E-state index contributed by atoms with van der Waals surface area (Å²) in [4.78, 5) is 31.7. The Morgan fingerprint density at radius 3 is 2.19 bits per heavy atom. The van der Waals surface area contributed by atoms with Gasteiger partial charge in [0.2, 0.25) is 5.95 Å². The molecule has 1 amide bonds. The zero-order valence-electron chi connectivity index (χ0n) is 16.5. The molecule has 9 nitrogen and oxygen atoms in total. The van der Waals surface area contributed by atoms with E-state index in [-0.39, 0.29) is 22.1 Å². The molecule has 3 aromatic rings. The molecule has 32 heavy (non-hydrogen) atoms. The van der Waals surface area contributed by atoms with Crippen molar-refractivity contribution < 1.29 is 31.5 Å². The molecule has 0 bridgehead atoms. The first-order valence-corrected chi connectivity index (χ1v) is 10.5. The second-order valence-electron chi connectivity index (χ2n) is 6.40. The van der Waals surface area contributed by atoms with Crippen LogP contribution in [-0.2, 0) is 19.6 Å². The van der Waals surface area contributed by atoms with Crippen molar-refractivity contribution in [2.24, 2.45) is 0 Å². The maximum Gasteiger partial charge on any atom is 0.339 e. The fraction of sp³-hybridized carbons (Fsp3) is 0.100. The third-order valence-corrected chi connectivity index (χ3v) is 5.32. The smallest absolute Gasteiger partial charge is 0.339 e. The lowest BCUT2D eigenvalue weighted by molar-refractivity contribution is -0.123. The number of benzene rings is 2. The van der Waals surface area contributed by atoms with Crippen molar-refractivity contribution in [3.05, 3.63) is 78.1 Å². The van der Waals surface area contributed by atoms with E-state index in [2.05, 4.69) is 20.0 Å². The zero-order valence-corrected chi connectivity index (χ0v) is 17.3. The summed E-state index contributed by atoms with van der Waals surface area (Å²) < 4.78 is 58.3. The van der Waals surface area contributed by atoms with Gasteiger partial charge < -0.3 is 10.1 Å². The molecule has 0 radical (unpaired) electrons. The summed E-state index contributed by atoms with van der Waals surface area (Å²) in [5.74, 6) is -3.84. The van der Waals surface area contributed by atoms with Gasteiger partial charge in [0.05, 0.1) is 10.5 Å². The number of hydrogen-bond acceptors (Lipinski definition) is 7. The third kappa shape index (κ3) is 5.82. The van der Waals surface area contributed by atoms with Gasteiger partial charge in [-0.05, 0) is 49.4 Å². The van der Waals surface area contributed by atoms with Gasteiger partial charge in [0, 0.05) is 24.1 Å². The minimum Gasteiger partial charge on any atom is -0.449 e. The van der Waals surface area contributed by atoms with E-state index >= 15 is 0 Å². The number of sulfonamides is 1. The van der Waals surface area contributed by atoms with Gasteiger partial charge in [0.25, 0.3) is 15.9 Å². The Labute approximate surface area is 181 Å². The van der Waals surface area contributed by atoms with Crippen LogP contribution in [0, 0.1) is 11.6 Å². The number of hydrogen-bond donors (Lipinski definition) is 2. The number of aromatic nitrogens is 2. The van der Waals surface area contributed by atoms with E-state index in [1.807, 2.05) is 0 Å². The molecule has 166 valence electrons. The van der Waals surface area contributed by atoms with Crippen molar-refractivity contribution in [2.45, 2.75) is 17.9 Å². The van der Waals surface area contributed by atoms with E-state index in [1.54, 1.807) is 0 Å². The van der Waals surface area contributed by atoms with E-state index in [0.29, 0.717) is 6.07 Å². The van der Waals surface area contributed by atoms with Crippen LogP contribution in [0.15, 0.2) is 65.8 Å². The molecule has 0 aliphatic rings. The maximum atomic E-state index is 13.2. The molecule has 0 saturated heterocycles. The van der Waals surface area contributed by atoms with Gasteiger partial charge >= 0.3 is 5.97 Å². The van der Waals surface area contributed by atoms with Crippen LogP contribution < -0.4 is 10.0 Å². The molecule has 2 aromatic carbocycles. The highest BCUT2D eigenvalue weighted by molar-refractivity contribution is 7.92. The average Bonchev–Trinajstić information content (AvgIpc) is 2.73. The van der Waals surface area contributed by atoms with Crippen molar-refractivity contribution in [1.29, 1.82) is 0 Å². The molecule has 3 rings (SSSR count). The lowest BCUT2D eigenvalue weighted by Gasteiger charge is -2.14. The monoisotopic (exact) mass is 462 g/mol. The number of ether oxygens (including phenoxy) is 1. The summed E-state index contributed by atoms with van der Waals surface area (Å²) in [5.41, 5.74) is -0.156. The minimum atomic E-state index is -3.95. The molecule has 0 unspecified atom stereocenters. The average molecular weight is 462 g/mol. The second-order valence-corrected chi connectivity index (χ2v) is 8.08. The lowest BCUT2D eigenvalue weighted by Crippen LogP contribution is -2.30. The summed E-state index contributed by atoms with van der Waals surface area (Å²) in [6.45, 7) is 1.27. The maximum absolute atomic E-state index is 13.2. The summed E-state index contributed by atoms with van der Waals surface area (Å²) in [7, 11) is -3.95. The van der Waals surface area contributed by atoms with Gasteiger partial charge in [-0.3, -0.25) is 4.79 Å². The molecule has 1 heterocycles.